The van der Waals surface area contributed by atoms with E-state index in [0.29, 0.717) is 12.2 Å². The number of fused-ring (bicyclic) bond motifs is 2. The Balaban J connectivity index is 0.00000103. The molecule has 2 atom stereocenters. The molecular weight excluding hydrogens is 444 g/mol. The van der Waals surface area contributed by atoms with Gasteiger partial charge in [0.2, 0.25) is 0 Å². The van der Waals surface area contributed by atoms with Gasteiger partial charge in [-0.15, -0.1) is 0 Å². The fraction of sp³-hybridized carbons (Fsp3) is 0.655. The van der Waals surface area contributed by atoms with Gasteiger partial charge in [-0.2, -0.15) is 0 Å². The summed E-state index contributed by atoms with van der Waals surface area (Å²) in [5, 5.41) is 14.0. The molecule has 1 aromatic carbocycles. The Bertz CT molecular complexity index is 859. The normalized spacial score (nSPS) is 22.2. The number of hydrogen-bond donors (Lipinski definition) is 2. The van der Waals surface area contributed by atoms with Crippen molar-refractivity contribution in [3.63, 3.8) is 0 Å². The first kappa shape index (κ1) is 29.2. The van der Waals surface area contributed by atoms with E-state index in [-0.39, 0.29) is 5.54 Å². The molecule has 2 fully saturated rings. The van der Waals surface area contributed by atoms with Gasteiger partial charge in [0.1, 0.15) is 12.4 Å². The molecule has 1 spiro atoms. The van der Waals surface area contributed by atoms with Gasteiger partial charge in [-0.25, -0.2) is 8.78 Å². The van der Waals surface area contributed by atoms with Crippen molar-refractivity contribution in [2.75, 3.05) is 32.9 Å². The summed E-state index contributed by atoms with van der Waals surface area (Å²) >= 11 is 0. The summed E-state index contributed by atoms with van der Waals surface area (Å²) < 4.78 is 28.1. The van der Waals surface area contributed by atoms with Crippen molar-refractivity contribution in [2.24, 2.45) is 0 Å². The third kappa shape index (κ3) is 6.02. The van der Waals surface area contributed by atoms with Crippen molar-refractivity contribution in [3.05, 3.63) is 47.7 Å². The summed E-state index contributed by atoms with van der Waals surface area (Å²) in [5.41, 5.74) is 1.99. The standard InChI is InChI=1S/C25H35F2N3O.2C2H6/c1-4-5-19-6-7-20(16-21(19)31)18(2)29-13-10-25(11-14-29)23-9-8-22(24(3,27)17-26)30(23)15-12-28-25;2*1-2/h6-7,9,16,22,28,31H,2,4-5,8,10-15,17H2,1,3H3;2*1-2H3. The lowest BCUT2D eigenvalue weighted by atomic mass is 9.82. The van der Waals surface area contributed by atoms with E-state index in [2.05, 4.69) is 34.7 Å². The van der Waals surface area contributed by atoms with E-state index in [1.165, 1.54) is 6.92 Å². The van der Waals surface area contributed by atoms with Gasteiger partial charge in [-0.1, -0.05) is 65.8 Å². The van der Waals surface area contributed by atoms with Crippen LogP contribution in [-0.4, -0.2) is 65.0 Å². The van der Waals surface area contributed by atoms with Gasteiger partial charge in [-0.3, -0.25) is 0 Å². The molecule has 35 heavy (non-hydrogen) atoms. The molecule has 0 radical (unpaired) electrons. The quantitative estimate of drug-likeness (QED) is 0.479. The highest BCUT2D eigenvalue weighted by molar-refractivity contribution is 5.64. The van der Waals surface area contributed by atoms with Crippen molar-refractivity contribution < 1.29 is 13.9 Å². The molecule has 3 aliphatic rings. The number of rotatable bonds is 6. The molecule has 0 aliphatic carbocycles. The van der Waals surface area contributed by atoms with Crippen LogP contribution in [0, 0.1) is 0 Å². The average Bonchev–Trinajstić information content (AvgIpc) is 3.35. The fourth-order valence-electron chi connectivity index (χ4n) is 5.55. The zero-order valence-electron chi connectivity index (χ0n) is 22.8. The fourth-order valence-corrected chi connectivity index (χ4v) is 5.55. The van der Waals surface area contributed by atoms with Crippen LogP contribution in [0.4, 0.5) is 8.78 Å². The summed E-state index contributed by atoms with van der Waals surface area (Å²) in [7, 11) is 0. The number of piperazine rings is 1. The molecule has 3 heterocycles. The van der Waals surface area contributed by atoms with Gasteiger partial charge in [-0.05, 0) is 44.2 Å². The third-order valence-corrected chi connectivity index (χ3v) is 7.42. The van der Waals surface area contributed by atoms with Crippen molar-refractivity contribution in [1.29, 1.82) is 0 Å². The summed E-state index contributed by atoms with van der Waals surface area (Å²) in [4.78, 5) is 4.39. The number of aromatic hydroxyl groups is 1. The van der Waals surface area contributed by atoms with E-state index in [1.54, 1.807) is 0 Å². The number of benzene rings is 1. The maximum absolute atomic E-state index is 14.8. The number of phenolic OH excluding ortho intramolecular Hbond substituents is 1. The van der Waals surface area contributed by atoms with E-state index in [4.69, 9.17) is 0 Å². The summed E-state index contributed by atoms with van der Waals surface area (Å²) in [6.45, 7) is 18.0. The Morgan fingerprint density at radius 2 is 1.86 bits per heavy atom. The third-order valence-electron chi connectivity index (χ3n) is 7.42. The topological polar surface area (TPSA) is 38.7 Å². The molecule has 198 valence electrons. The van der Waals surface area contributed by atoms with E-state index >= 15 is 0 Å². The van der Waals surface area contributed by atoms with Gasteiger partial charge in [0.05, 0.1) is 11.6 Å². The molecule has 0 aromatic heterocycles. The molecule has 4 rings (SSSR count). The molecule has 6 heteroatoms. The summed E-state index contributed by atoms with van der Waals surface area (Å²) in [6.07, 6.45) is 6.33. The van der Waals surface area contributed by atoms with Gasteiger partial charge >= 0.3 is 0 Å². The summed E-state index contributed by atoms with van der Waals surface area (Å²) in [6, 6.07) is 5.44. The predicted molar refractivity (Wildman–Crippen MR) is 144 cm³/mol. The van der Waals surface area contributed by atoms with Gasteiger partial charge in [0, 0.05) is 43.1 Å². The Kier molecular flexibility index (Phi) is 10.6. The Labute approximate surface area is 212 Å². The van der Waals surface area contributed by atoms with Gasteiger partial charge < -0.3 is 20.2 Å². The number of hydrogen-bond acceptors (Lipinski definition) is 4. The second kappa shape index (κ2) is 12.8. The molecule has 3 aliphatic heterocycles. The van der Waals surface area contributed by atoms with Gasteiger partial charge in [0.15, 0.2) is 5.67 Å². The summed E-state index contributed by atoms with van der Waals surface area (Å²) in [5.74, 6) is 0.336. The van der Waals surface area contributed by atoms with Crippen LogP contribution in [0.25, 0.3) is 5.70 Å². The van der Waals surface area contributed by atoms with Crippen LogP contribution in [0.15, 0.2) is 36.6 Å². The lowest BCUT2D eigenvalue weighted by Gasteiger charge is -2.52. The maximum Gasteiger partial charge on any atom is 0.156 e. The van der Waals surface area contributed by atoms with E-state index in [1.807, 2.05) is 45.9 Å². The first-order valence-electron chi connectivity index (χ1n) is 13.5. The molecule has 0 saturated carbocycles. The molecule has 2 unspecified atom stereocenters. The minimum Gasteiger partial charge on any atom is -0.508 e. The van der Waals surface area contributed by atoms with Crippen LogP contribution in [-0.2, 0) is 6.42 Å². The average molecular weight is 492 g/mol. The molecular formula is C29H47F2N3O. The van der Waals surface area contributed by atoms with Crippen molar-refractivity contribution in [1.82, 2.24) is 15.1 Å². The number of nitrogens with zero attached hydrogens (tertiary/aromatic N) is 2. The largest absolute Gasteiger partial charge is 0.508 e. The van der Waals surface area contributed by atoms with Crippen LogP contribution in [0.2, 0.25) is 0 Å². The lowest BCUT2D eigenvalue weighted by molar-refractivity contribution is 0.0222. The second-order valence-electron chi connectivity index (χ2n) is 9.48. The first-order chi connectivity index (χ1) is 16.8. The highest BCUT2D eigenvalue weighted by Gasteiger charge is 2.50. The molecule has 1 aromatic rings. The predicted octanol–water partition coefficient (Wildman–Crippen LogP) is 6.46. The second-order valence-corrected chi connectivity index (χ2v) is 9.48. The monoisotopic (exact) mass is 491 g/mol. The number of likely N-dealkylation sites (tertiary alicyclic amines) is 1. The number of nitrogens with one attached hydrogen (secondary N) is 1. The highest BCUT2D eigenvalue weighted by Crippen LogP contribution is 2.43. The number of phenols is 1. The SMILES string of the molecule is C=C(c1ccc(CCC)c(O)c1)N1CCC2(CC1)NCCN1C2=CCC1C(C)(F)CF.CC.CC. The van der Waals surface area contributed by atoms with Crippen LogP contribution >= 0.6 is 0 Å². The van der Waals surface area contributed by atoms with Crippen molar-refractivity contribution in [3.8, 4) is 5.75 Å². The smallest absolute Gasteiger partial charge is 0.156 e. The Morgan fingerprint density at radius 1 is 1.20 bits per heavy atom. The van der Waals surface area contributed by atoms with Crippen LogP contribution in [0.1, 0.15) is 78.4 Å². The highest BCUT2D eigenvalue weighted by atomic mass is 19.2. The maximum atomic E-state index is 14.8. The number of halogens is 2. The minimum atomic E-state index is -1.82. The van der Waals surface area contributed by atoms with Gasteiger partial charge in [0.25, 0.3) is 0 Å². The molecule has 0 bridgehead atoms. The Hall–Kier alpha value is -2.08. The number of aryl methyl sites for hydroxylation is 1. The molecule has 0 amide bonds. The van der Waals surface area contributed by atoms with E-state index < -0.39 is 18.4 Å². The molecule has 2 saturated heterocycles. The first-order valence-corrected chi connectivity index (χ1v) is 13.5. The molecule has 4 nitrogen and oxygen atoms in total. The zero-order chi connectivity index (χ0) is 26.2. The van der Waals surface area contributed by atoms with Crippen LogP contribution in [0.5, 0.6) is 5.75 Å². The van der Waals surface area contributed by atoms with Crippen LogP contribution < -0.4 is 5.32 Å². The van der Waals surface area contributed by atoms with E-state index in [0.717, 1.165) is 74.4 Å². The molecule has 2 N–H and O–H groups in total. The van der Waals surface area contributed by atoms with Crippen molar-refractivity contribution in [2.45, 2.75) is 90.9 Å². The Morgan fingerprint density at radius 3 is 2.43 bits per heavy atom. The zero-order valence-corrected chi connectivity index (χ0v) is 22.8. The van der Waals surface area contributed by atoms with Crippen molar-refractivity contribution >= 4 is 5.70 Å². The number of alkyl halides is 2. The number of piperidine rings is 1. The minimum absolute atomic E-state index is 0.177. The lowest BCUT2D eigenvalue weighted by Crippen LogP contribution is -2.64. The van der Waals surface area contributed by atoms with Crippen LogP contribution in [0.3, 0.4) is 0 Å². The van der Waals surface area contributed by atoms with E-state index in [9.17, 15) is 13.9 Å².